The van der Waals surface area contributed by atoms with Crippen molar-refractivity contribution >= 4 is 11.9 Å². The normalized spacial score (nSPS) is 11.6. The van der Waals surface area contributed by atoms with Gasteiger partial charge in [-0.3, -0.25) is 4.79 Å². The van der Waals surface area contributed by atoms with Crippen molar-refractivity contribution in [1.29, 1.82) is 0 Å². The lowest BCUT2D eigenvalue weighted by Gasteiger charge is -2.15. The minimum absolute atomic E-state index is 0.0156. The average Bonchev–Trinajstić information content (AvgIpc) is 2.61. The summed E-state index contributed by atoms with van der Waals surface area (Å²) in [6.45, 7) is 1.59. The average molecular weight is 349 g/mol. The van der Waals surface area contributed by atoms with Crippen LogP contribution in [-0.4, -0.2) is 48.2 Å². The Morgan fingerprint density at radius 3 is 2.64 bits per heavy atom. The lowest BCUT2D eigenvalue weighted by molar-refractivity contribution is -0.127. The van der Waals surface area contributed by atoms with Gasteiger partial charge in [0, 0.05) is 14.1 Å². The van der Waals surface area contributed by atoms with Crippen LogP contribution in [0.4, 0.5) is 10.3 Å². The molecule has 0 saturated heterocycles. The molecule has 1 atom stereocenters. The molecule has 2 rings (SSSR count). The van der Waals surface area contributed by atoms with Gasteiger partial charge in [-0.25, -0.2) is 4.39 Å². The number of halogens is 1. The highest BCUT2D eigenvalue weighted by molar-refractivity contribution is 5.80. The lowest BCUT2D eigenvalue weighted by Crippen LogP contribution is -2.36. The number of amides is 1. The van der Waals surface area contributed by atoms with E-state index in [1.807, 2.05) is 0 Å². The van der Waals surface area contributed by atoms with Gasteiger partial charge in [-0.1, -0.05) is 12.1 Å². The Balaban J connectivity index is 1.99. The number of nitrogens with one attached hydrogen (secondary N) is 1. The predicted octanol–water partition coefficient (Wildman–Crippen LogP) is 1.17. The quantitative estimate of drug-likeness (QED) is 0.802. The van der Waals surface area contributed by atoms with Crippen LogP contribution in [0.2, 0.25) is 0 Å². The Hall–Kier alpha value is -2.97. The molecule has 1 aromatic heterocycles. The van der Waals surface area contributed by atoms with Crippen molar-refractivity contribution in [3.05, 3.63) is 35.9 Å². The van der Waals surface area contributed by atoms with Crippen LogP contribution in [0.25, 0.3) is 0 Å². The monoisotopic (exact) mass is 349 g/mol. The second kappa shape index (κ2) is 8.22. The van der Waals surface area contributed by atoms with E-state index in [4.69, 9.17) is 9.47 Å². The molecule has 0 aliphatic rings. The van der Waals surface area contributed by atoms with E-state index in [1.54, 1.807) is 31.1 Å². The van der Waals surface area contributed by atoms with Gasteiger partial charge in [0.15, 0.2) is 23.5 Å². The van der Waals surface area contributed by atoms with Gasteiger partial charge in [0.1, 0.15) is 0 Å². The van der Waals surface area contributed by atoms with Crippen molar-refractivity contribution < 1.29 is 18.7 Å². The Bertz CT molecular complexity index is 741. The van der Waals surface area contributed by atoms with E-state index in [-0.39, 0.29) is 18.3 Å². The first-order valence-corrected chi connectivity index (χ1v) is 7.56. The lowest BCUT2D eigenvalue weighted by atomic mass is 10.3. The van der Waals surface area contributed by atoms with Crippen LogP contribution in [0.1, 0.15) is 12.7 Å². The molecule has 0 bridgehead atoms. The third-order valence-electron chi connectivity index (χ3n) is 3.16. The molecular weight excluding hydrogens is 329 g/mol. The first-order chi connectivity index (χ1) is 11.9. The maximum absolute atomic E-state index is 13.6. The molecule has 0 fully saturated rings. The number of rotatable bonds is 7. The van der Waals surface area contributed by atoms with E-state index in [1.165, 1.54) is 26.2 Å². The van der Waals surface area contributed by atoms with Crippen LogP contribution in [0.15, 0.2) is 24.3 Å². The zero-order valence-electron chi connectivity index (χ0n) is 14.5. The molecule has 1 amide bonds. The Morgan fingerprint density at radius 1 is 1.28 bits per heavy atom. The summed E-state index contributed by atoms with van der Waals surface area (Å²) in [5.74, 6) is -0.190. The molecule has 1 N–H and O–H groups in total. The topological polar surface area (TPSA) is 89.5 Å². The van der Waals surface area contributed by atoms with Crippen molar-refractivity contribution in [2.75, 3.05) is 26.1 Å². The number of aromatic nitrogens is 3. The highest BCUT2D eigenvalue weighted by Crippen LogP contribution is 2.17. The molecule has 1 aromatic carbocycles. The number of methoxy groups -OCH3 is 1. The van der Waals surface area contributed by atoms with Crippen molar-refractivity contribution in [3.63, 3.8) is 0 Å². The maximum Gasteiger partial charge on any atom is 0.321 e. The molecule has 0 radical (unpaired) electrons. The van der Waals surface area contributed by atoms with Gasteiger partial charge in [0.2, 0.25) is 5.95 Å². The van der Waals surface area contributed by atoms with Gasteiger partial charge in [0.05, 0.1) is 13.7 Å². The number of carbonyl (C=O) groups is 1. The van der Waals surface area contributed by atoms with Gasteiger partial charge >= 0.3 is 6.01 Å². The van der Waals surface area contributed by atoms with E-state index in [0.29, 0.717) is 11.8 Å². The van der Waals surface area contributed by atoms with Crippen LogP contribution in [0, 0.1) is 5.82 Å². The zero-order valence-corrected chi connectivity index (χ0v) is 14.5. The number of anilines is 1. The third kappa shape index (κ3) is 5.00. The van der Waals surface area contributed by atoms with Gasteiger partial charge in [-0.2, -0.15) is 15.0 Å². The van der Waals surface area contributed by atoms with Crippen molar-refractivity contribution in [2.24, 2.45) is 0 Å². The highest BCUT2D eigenvalue weighted by atomic mass is 19.1. The number of hydrogen-bond acceptors (Lipinski definition) is 7. The number of benzene rings is 1. The molecule has 25 heavy (non-hydrogen) atoms. The Kier molecular flexibility index (Phi) is 6.04. The zero-order chi connectivity index (χ0) is 18.4. The summed E-state index contributed by atoms with van der Waals surface area (Å²) in [7, 11) is 5.00. The summed E-state index contributed by atoms with van der Waals surface area (Å²) in [5.41, 5.74) is 0. The Labute approximate surface area is 145 Å². The first-order valence-electron chi connectivity index (χ1n) is 7.56. The molecule has 0 unspecified atom stereocenters. The summed E-state index contributed by atoms with van der Waals surface area (Å²) in [5, 5.41) is 2.64. The molecule has 8 nitrogen and oxygen atoms in total. The second-order valence-corrected chi connectivity index (χ2v) is 5.34. The van der Waals surface area contributed by atoms with Crippen LogP contribution < -0.4 is 19.7 Å². The third-order valence-corrected chi connectivity index (χ3v) is 3.16. The van der Waals surface area contributed by atoms with Crippen LogP contribution in [0.3, 0.4) is 0 Å². The largest absolute Gasteiger partial charge is 0.478 e. The van der Waals surface area contributed by atoms with Gasteiger partial charge in [-0.15, -0.1) is 0 Å². The number of para-hydroxylation sites is 1. The van der Waals surface area contributed by atoms with E-state index < -0.39 is 17.8 Å². The fourth-order valence-electron chi connectivity index (χ4n) is 1.85. The van der Waals surface area contributed by atoms with E-state index >= 15 is 0 Å². The van der Waals surface area contributed by atoms with Gasteiger partial charge < -0.3 is 19.7 Å². The fraction of sp³-hybridized carbons (Fsp3) is 0.375. The fourth-order valence-corrected chi connectivity index (χ4v) is 1.85. The number of hydrogen-bond donors (Lipinski definition) is 1. The van der Waals surface area contributed by atoms with Crippen molar-refractivity contribution in [2.45, 2.75) is 19.6 Å². The summed E-state index contributed by atoms with van der Waals surface area (Å²) < 4.78 is 23.9. The molecule has 0 aliphatic carbocycles. The molecule has 9 heteroatoms. The van der Waals surface area contributed by atoms with E-state index in [0.717, 1.165) is 0 Å². The first kappa shape index (κ1) is 18.4. The van der Waals surface area contributed by atoms with Crippen molar-refractivity contribution in [1.82, 2.24) is 20.3 Å². The van der Waals surface area contributed by atoms with E-state index in [9.17, 15) is 9.18 Å². The molecular formula is C16H20FN5O3. The number of carbonyl (C=O) groups excluding carboxylic acids is 1. The molecule has 2 aromatic rings. The van der Waals surface area contributed by atoms with Crippen LogP contribution >= 0.6 is 0 Å². The molecule has 0 spiro atoms. The summed E-state index contributed by atoms with van der Waals surface area (Å²) in [4.78, 5) is 26.2. The summed E-state index contributed by atoms with van der Waals surface area (Å²) in [6.07, 6.45) is -0.881. The minimum Gasteiger partial charge on any atom is -0.478 e. The van der Waals surface area contributed by atoms with Crippen LogP contribution in [-0.2, 0) is 11.3 Å². The molecule has 1 heterocycles. The Morgan fingerprint density at radius 2 is 2.00 bits per heavy atom. The molecule has 0 saturated carbocycles. The SMILES string of the molecule is COc1nc(CNC(=O)[C@H](C)Oc2ccccc2F)nc(N(C)C)n1. The maximum atomic E-state index is 13.6. The minimum atomic E-state index is -0.881. The van der Waals surface area contributed by atoms with Gasteiger partial charge in [-0.05, 0) is 19.1 Å². The smallest absolute Gasteiger partial charge is 0.321 e. The van der Waals surface area contributed by atoms with Crippen molar-refractivity contribution in [3.8, 4) is 11.8 Å². The summed E-state index contributed by atoms with van der Waals surface area (Å²) in [6, 6.07) is 6.05. The van der Waals surface area contributed by atoms with Gasteiger partial charge in [0.25, 0.3) is 5.91 Å². The summed E-state index contributed by atoms with van der Waals surface area (Å²) >= 11 is 0. The molecule has 0 aliphatic heterocycles. The predicted molar refractivity (Wildman–Crippen MR) is 89.0 cm³/mol. The van der Waals surface area contributed by atoms with Crippen LogP contribution in [0.5, 0.6) is 11.8 Å². The highest BCUT2D eigenvalue weighted by Gasteiger charge is 2.17. The standard InChI is InChI=1S/C16H20FN5O3/c1-10(25-12-8-6-5-7-11(12)17)14(23)18-9-13-19-15(22(2)3)21-16(20-13)24-4/h5-8,10H,9H2,1-4H3,(H,18,23)/t10-/m0/s1. The number of ether oxygens (including phenoxy) is 2. The van der Waals surface area contributed by atoms with E-state index in [2.05, 4.69) is 20.3 Å². The number of nitrogens with zero attached hydrogens (tertiary/aromatic N) is 4. The molecule has 134 valence electrons. The second-order valence-electron chi connectivity index (χ2n) is 5.34.